The van der Waals surface area contributed by atoms with Crippen molar-refractivity contribution in [2.45, 2.75) is 19.4 Å². The number of nitroso groups, excluding NO2 is 1. The molecule has 0 fully saturated rings. The summed E-state index contributed by atoms with van der Waals surface area (Å²) in [6.07, 6.45) is 1.73. The number of nitriles is 1. The zero-order valence-corrected chi connectivity index (χ0v) is 9.65. The molecule has 0 aliphatic carbocycles. The fraction of sp³-hybridized carbons (Fsp3) is 0.333. The molecule has 1 N–H and O–H groups in total. The summed E-state index contributed by atoms with van der Waals surface area (Å²) < 4.78 is 0.613. The Bertz CT molecular complexity index is 402. The van der Waals surface area contributed by atoms with E-state index in [1.54, 1.807) is 6.07 Å². The summed E-state index contributed by atoms with van der Waals surface area (Å²) in [5.41, 5.74) is 0.817. The lowest BCUT2D eigenvalue weighted by Gasteiger charge is -2.12. The van der Waals surface area contributed by atoms with E-state index >= 15 is 0 Å². The van der Waals surface area contributed by atoms with Crippen LogP contribution in [0.1, 0.15) is 13.3 Å². The first-order chi connectivity index (χ1) is 7.17. The molecule has 5 nitrogen and oxygen atoms in total. The molecule has 15 heavy (non-hydrogen) atoms. The molecule has 0 aliphatic rings. The largest absolute Gasteiger partial charge is 0.380 e. The third kappa shape index (κ3) is 3.29. The highest BCUT2D eigenvalue weighted by atomic mass is 79.9. The maximum absolute atomic E-state index is 10.5. The fourth-order valence-corrected chi connectivity index (χ4v) is 1.40. The van der Waals surface area contributed by atoms with Crippen molar-refractivity contribution in [3.63, 3.8) is 0 Å². The number of nitrogens with zero attached hydrogens (tertiary/aromatic N) is 3. The highest BCUT2D eigenvalue weighted by molar-refractivity contribution is 9.10. The summed E-state index contributed by atoms with van der Waals surface area (Å²) in [6, 6.07) is 3.66. The summed E-state index contributed by atoms with van der Waals surface area (Å²) in [5.74, 6) is 0. The summed E-state index contributed by atoms with van der Waals surface area (Å²) in [5, 5.41) is 14.4. The van der Waals surface area contributed by atoms with E-state index in [0.717, 1.165) is 0 Å². The van der Waals surface area contributed by atoms with Crippen LogP contribution < -0.4 is 5.32 Å². The van der Waals surface area contributed by atoms with E-state index in [0.29, 0.717) is 16.7 Å². The van der Waals surface area contributed by atoms with Crippen LogP contribution in [0, 0.1) is 16.2 Å². The molecule has 1 unspecified atom stereocenters. The second kappa shape index (κ2) is 5.41. The normalized spacial score (nSPS) is 11.5. The van der Waals surface area contributed by atoms with Gasteiger partial charge in [-0.1, -0.05) is 0 Å². The topological polar surface area (TPSA) is 78.1 Å². The molecule has 0 saturated carbocycles. The molecule has 1 aromatic heterocycles. The molecule has 1 heterocycles. The predicted octanol–water partition coefficient (Wildman–Crippen LogP) is 2.96. The SMILES string of the molecule is CC(CC#N)Nc1cc(Br)ncc1N=O. The van der Waals surface area contributed by atoms with Crippen LogP contribution in [0.5, 0.6) is 0 Å². The Morgan fingerprint density at radius 2 is 2.53 bits per heavy atom. The maximum atomic E-state index is 10.5. The molecular weight excluding hydrogens is 260 g/mol. The van der Waals surface area contributed by atoms with Crippen LogP contribution in [0.25, 0.3) is 0 Å². The second-order valence-corrected chi connectivity index (χ2v) is 3.84. The monoisotopic (exact) mass is 268 g/mol. The minimum absolute atomic E-state index is 0.0372. The van der Waals surface area contributed by atoms with Gasteiger partial charge in [0.15, 0.2) is 0 Å². The van der Waals surface area contributed by atoms with E-state index < -0.39 is 0 Å². The maximum Gasteiger partial charge on any atom is 0.149 e. The predicted molar refractivity (Wildman–Crippen MR) is 60.7 cm³/mol. The van der Waals surface area contributed by atoms with Crippen molar-refractivity contribution in [2.75, 3.05) is 5.32 Å². The number of aromatic nitrogens is 1. The van der Waals surface area contributed by atoms with E-state index in [9.17, 15) is 4.91 Å². The molecule has 0 aromatic carbocycles. The molecule has 1 rings (SSSR count). The van der Waals surface area contributed by atoms with Crippen molar-refractivity contribution in [1.29, 1.82) is 5.26 Å². The number of pyridine rings is 1. The summed E-state index contributed by atoms with van der Waals surface area (Å²) in [7, 11) is 0. The van der Waals surface area contributed by atoms with E-state index in [1.807, 2.05) is 13.0 Å². The van der Waals surface area contributed by atoms with Gasteiger partial charge in [-0.15, -0.1) is 4.91 Å². The number of anilines is 1. The Kier molecular flexibility index (Phi) is 4.18. The summed E-state index contributed by atoms with van der Waals surface area (Å²) >= 11 is 3.19. The number of hydrogen-bond acceptors (Lipinski definition) is 5. The first-order valence-electron chi connectivity index (χ1n) is 4.29. The zero-order valence-electron chi connectivity index (χ0n) is 8.07. The fourth-order valence-electron chi connectivity index (χ4n) is 1.06. The Hall–Kier alpha value is -1.48. The number of hydrogen-bond donors (Lipinski definition) is 1. The highest BCUT2D eigenvalue weighted by Crippen LogP contribution is 2.27. The third-order valence-electron chi connectivity index (χ3n) is 1.75. The molecule has 6 heteroatoms. The number of rotatable bonds is 4. The lowest BCUT2D eigenvalue weighted by Crippen LogP contribution is -2.14. The van der Waals surface area contributed by atoms with E-state index in [-0.39, 0.29) is 11.7 Å². The van der Waals surface area contributed by atoms with Gasteiger partial charge in [-0.05, 0) is 34.1 Å². The van der Waals surface area contributed by atoms with Crippen LogP contribution in [0.15, 0.2) is 22.0 Å². The van der Waals surface area contributed by atoms with Crippen molar-refractivity contribution in [1.82, 2.24) is 4.98 Å². The Morgan fingerprint density at radius 1 is 1.80 bits per heavy atom. The van der Waals surface area contributed by atoms with Crippen molar-refractivity contribution in [3.05, 3.63) is 21.8 Å². The molecule has 78 valence electrons. The second-order valence-electron chi connectivity index (χ2n) is 3.02. The summed E-state index contributed by atoms with van der Waals surface area (Å²) in [6.45, 7) is 1.85. The summed E-state index contributed by atoms with van der Waals surface area (Å²) in [4.78, 5) is 14.3. The van der Waals surface area contributed by atoms with E-state index in [1.165, 1.54) is 6.20 Å². The van der Waals surface area contributed by atoms with E-state index in [4.69, 9.17) is 5.26 Å². The number of halogens is 1. The van der Waals surface area contributed by atoms with Crippen LogP contribution in [0.4, 0.5) is 11.4 Å². The van der Waals surface area contributed by atoms with Crippen molar-refractivity contribution in [3.8, 4) is 6.07 Å². The van der Waals surface area contributed by atoms with Crippen molar-refractivity contribution in [2.24, 2.45) is 5.18 Å². The van der Waals surface area contributed by atoms with Crippen LogP contribution in [-0.2, 0) is 0 Å². The molecule has 0 bridgehead atoms. The Balaban J connectivity index is 2.88. The average Bonchev–Trinajstić information content (AvgIpc) is 2.18. The van der Waals surface area contributed by atoms with Crippen LogP contribution >= 0.6 is 15.9 Å². The molecule has 0 aliphatic heterocycles. The van der Waals surface area contributed by atoms with Gasteiger partial charge in [-0.2, -0.15) is 5.26 Å². The van der Waals surface area contributed by atoms with Crippen molar-refractivity contribution < 1.29 is 0 Å². The van der Waals surface area contributed by atoms with Gasteiger partial charge in [0.1, 0.15) is 10.3 Å². The standard InChI is InChI=1S/C9H9BrN4O/c1-6(2-3-11)13-7-4-9(10)12-5-8(7)14-15/h4-6H,2H2,1H3,(H,12,13). The van der Waals surface area contributed by atoms with Gasteiger partial charge in [0.05, 0.1) is 24.4 Å². The first kappa shape index (κ1) is 11.6. The highest BCUT2D eigenvalue weighted by Gasteiger charge is 2.07. The van der Waals surface area contributed by atoms with Gasteiger partial charge in [0.2, 0.25) is 0 Å². The lowest BCUT2D eigenvalue weighted by atomic mass is 10.2. The van der Waals surface area contributed by atoms with Gasteiger partial charge >= 0.3 is 0 Å². The molecule has 0 spiro atoms. The van der Waals surface area contributed by atoms with Crippen LogP contribution in [0.2, 0.25) is 0 Å². The Morgan fingerprint density at radius 3 is 3.13 bits per heavy atom. The van der Waals surface area contributed by atoms with Gasteiger partial charge in [-0.25, -0.2) is 4.98 Å². The molecular formula is C9H9BrN4O. The number of nitrogens with one attached hydrogen (secondary N) is 1. The van der Waals surface area contributed by atoms with Gasteiger partial charge in [0, 0.05) is 6.04 Å². The van der Waals surface area contributed by atoms with Gasteiger partial charge in [0.25, 0.3) is 0 Å². The minimum Gasteiger partial charge on any atom is -0.380 e. The van der Waals surface area contributed by atoms with Crippen molar-refractivity contribution >= 4 is 27.3 Å². The molecule has 0 radical (unpaired) electrons. The molecule has 0 amide bonds. The third-order valence-corrected chi connectivity index (χ3v) is 2.18. The van der Waals surface area contributed by atoms with Crippen LogP contribution in [0.3, 0.4) is 0 Å². The first-order valence-corrected chi connectivity index (χ1v) is 5.09. The zero-order chi connectivity index (χ0) is 11.3. The lowest BCUT2D eigenvalue weighted by molar-refractivity contribution is 0.820. The molecule has 1 atom stereocenters. The quantitative estimate of drug-likeness (QED) is 0.673. The van der Waals surface area contributed by atoms with E-state index in [2.05, 4.69) is 31.4 Å². The minimum atomic E-state index is -0.0372. The Labute approximate surface area is 95.6 Å². The smallest absolute Gasteiger partial charge is 0.149 e. The molecule has 1 aromatic rings. The van der Waals surface area contributed by atoms with Gasteiger partial charge < -0.3 is 5.32 Å². The van der Waals surface area contributed by atoms with Gasteiger partial charge in [-0.3, -0.25) is 0 Å². The van der Waals surface area contributed by atoms with Crippen LogP contribution in [-0.4, -0.2) is 11.0 Å². The molecule has 0 saturated heterocycles. The average molecular weight is 269 g/mol.